The van der Waals surface area contributed by atoms with Gasteiger partial charge in [0.2, 0.25) is 0 Å². The summed E-state index contributed by atoms with van der Waals surface area (Å²) in [6.07, 6.45) is 12.6. The third-order valence-electron chi connectivity index (χ3n) is 7.42. The summed E-state index contributed by atoms with van der Waals surface area (Å²) in [7, 11) is 2.14. The van der Waals surface area contributed by atoms with E-state index in [1.54, 1.807) is 12.3 Å². The summed E-state index contributed by atoms with van der Waals surface area (Å²) in [6.45, 7) is 1.99. The summed E-state index contributed by atoms with van der Waals surface area (Å²) in [5.41, 5.74) is 2.84. The topological polar surface area (TPSA) is 91.8 Å². The van der Waals surface area contributed by atoms with E-state index in [-0.39, 0.29) is 10.8 Å². The molecule has 1 saturated heterocycles. The molecule has 8 nitrogen and oxygen atoms in total. The number of pyridine rings is 3. The molecule has 0 radical (unpaired) electrons. The van der Waals surface area contributed by atoms with Crippen LogP contribution in [0.1, 0.15) is 43.6 Å². The van der Waals surface area contributed by atoms with E-state index in [4.69, 9.17) is 21.6 Å². The van der Waals surface area contributed by atoms with E-state index in [1.807, 2.05) is 18.5 Å². The number of aromatic nitrogens is 5. The van der Waals surface area contributed by atoms with E-state index >= 15 is 0 Å². The predicted molar refractivity (Wildman–Crippen MR) is 144 cm³/mol. The molecular weight excluding hydrogens is 491 g/mol. The van der Waals surface area contributed by atoms with Crippen LogP contribution in [-0.2, 0) is 0 Å². The molecular formula is C27H28ClFN8. The normalized spacial score (nSPS) is 16.5. The molecule has 0 bridgehead atoms. The minimum atomic E-state index is -0.554. The van der Waals surface area contributed by atoms with Gasteiger partial charge in [-0.3, -0.25) is 4.98 Å². The lowest BCUT2D eigenvalue weighted by atomic mass is 9.79. The number of fused-ring (bicyclic) bond motifs is 1. The Kier molecular flexibility index (Phi) is 6.56. The number of nitrogens with one attached hydrogen (secondary N) is 2. The summed E-state index contributed by atoms with van der Waals surface area (Å²) in [6, 6.07) is 5.26. The van der Waals surface area contributed by atoms with Crippen molar-refractivity contribution in [3.8, 4) is 11.4 Å². The summed E-state index contributed by atoms with van der Waals surface area (Å²) in [5.74, 6) is 1.95. The summed E-state index contributed by atoms with van der Waals surface area (Å²) >= 11 is 5.84. The number of rotatable bonds is 6. The largest absolute Gasteiger partial charge is 0.356 e. The first-order valence-electron chi connectivity index (χ1n) is 12.7. The van der Waals surface area contributed by atoms with Crippen LogP contribution in [0.25, 0.3) is 22.3 Å². The lowest BCUT2D eigenvalue weighted by Crippen LogP contribution is -2.41. The van der Waals surface area contributed by atoms with E-state index in [2.05, 4.69) is 37.5 Å². The average Bonchev–Trinajstić information content (AvgIpc) is 2.89. The molecule has 1 saturated carbocycles. The lowest BCUT2D eigenvalue weighted by Gasteiger charge is -2.34. The van der Waals surface area contributed by atoms with Crippen molar-refractivity contribution in [2.24, 2.45) is 0 Å². The fourth-order valence-electron chi connectivity index (χ4n) is 5.13. The van der Waals surface area contributed by atoms with Gasteiger partial charge in [-0.1, -0.05) is 18.0 Å². The highest BCUT2D eigenvalue weighted by Gasteiger charge is 2.28. The molecule has 2 N–H and O–H groups in total. The van der Waals surface area contributed by atoms with E-state index in [9.17, 15) is 4.39 Å². The van der Waals surface area contributed by atoms with Crippen molar-refractivity contribution >= 4 is 40.0 Å². The van der Waals surface area contributed by atoms with Crippen LogP contribution in [-0.4, -0.2) is 51.1 Å². The Labute approximate surface area is 219 Å². The minimum absolute atomic E-state index is 0.0501. The van der Waals surface area contributed by atoms with Gasteiger partial charge in [0.05, 0.1) is 16.7 Å². The highest BCUT2D eigenvalue weighted by molar-refractivity contribution is 6.30. The number of anilines is 3. The Bertz CT molecular complexity index is 1440. The molecule has 4 aromatic rings. The van der Waals surface area contributed by atoms with E-state index < -0.39 is 5.82 Å². The highest BCUT2D eigenvalue weighted by Crippen LogP contribution is 2.42. The summed E-state index contributed by atoms with van der Waals surface area (Å²) in [5, 5.41) is 7.72. The monoisotopic (exact) mass is 518 g/mol. The second-order valence-electron chi connectivity index (χ2n) is 9.75. The molecule has 10 heteroatoms. The SMILES string of the molecule is CN(c1nc(-c2ccnc(Nc3ncc(Cl)cc3F)c2)nc2cncc(C3CCC3)c12)C1CCNCC1. The van der Waals surface area contributed by atoms with Crippen molar-refractivity contribution in [3.05, 3.63) is 59.4 Å². The first-order chi connectivity index (χ1) is 18.1. The fourth-order valence-corrected chi connectivity index (χ4v) is 5.28. The zero-order valence-electron chi connectivity index (χ0n) is 20.6. The van der Waals surface area contributed by atoms with Gasteiger partial charge in [-0.05, 0) is 68.5 Å². The number of piperidine rings is 1. The van der Waals surface area contributed by atoms with Crippen LogP contribution < -0.4 is 15.5 Å². The molecule has 37 heavy (non-hydrogen) atoms. The number of nitrogens with zero attached hydrogens (tertiary/aromatic N) is 6. The number of halogens is 2. The van der Waals surface area contributed by atoms with Crippen molar-refractivity contribution in [1.82, 2.24) is 30.2 Å². The van der Waals surface area contributed by atoms with Gasteiger partial charge in [-0.25, -0.2) is 24.3 Å². The number of hydrogen-bond donors (Lipinski definition) is 2. The zero-order valence-corrected chi connectivity index (χ0v) is 21.3. The van der Waals surface area contributed by atoms with Crippen LogP contribution in [0.4, 0.5) is 21.8 Å². The van der Waals surface area contributed by atoms with Gasteiger partial charge in [0, 0.05) is 42.6 Å². The van der Waals surface area contributed by atoms with Crippen molar-refractivity contribution in [3.63, 3.8) is 0 Å². The van der Waals surface area contributed by atoms with Crippen LogP contribution >= 0.6 is 11.6 Å². The van der Waals surface area contributed by atoms with Crippen molar-refractivity contribution in [1.29, 1.82) is 0 Å². The molecule has 6 rings (SSSR count). The van der Waals surface area contributed by atoms with Gasteiger partial charge in [0.1, 0.15) is 11.6 Å². The van der Waals surface area contributed by atoms with Crippen LogP contribution in [0.15, 0.2) is 43.0 Å². The number of hydrogen-bond acceptors (Lipinski definition) is 8. The lowest BCUT2D eigenvalue weighted by molar-refractivity contribution is 0.421. The Balaban J connectivity index is 1.43. The van der Waals surface area contributed by atoms with Crippen molar-refractivity contribution < 1.29 is 4.39 Å². The molecule has 0 amide bonds. The smallest absolute Gasteiger partial charge is 0.167 e. The Morgan fingerprint density at radius 3 is 2.65 bits per heavy atom. The molecule has 1 aliphatic carbocycles. The van der Waals surface area contributed by atoms with E-state index in [1.165, 1.54) is 37.1 Å². The Morgan fingerprint density at radius 2 is 1.89 bits per heavy atom. The molecule has 190 valence electrons. The summed E-state index contributed by atoms with van der Waals surface area (Å²) < 4.78 is 14.3. The van der Waals surface area contributed by atoms with Crippen molar-refractivity contribution in [2.45, 2.75) is 44.1 Å². The molecule has 2 fully saturated rings. The van der Waals surface area contributed by atoms with Gasteiger partial charge in [-0.2, -0.15) is 0 Å². The summed E-state index contributed by atoms with van der Waals surface area (Å²) in [4.78, 5) is 25.3. The molecule has 1 aliphatic heterocycles. The van der Waals surface area contributed by atoms with Crippen LogP contribution in [0.3, 0.4) is 0 Å². The van der Waals surface area contributed by atoms with Crippen LogP contribution in [0.5, 0.6) is 0 Å². The second kappa shape index (κ2) is 10.1. The first-order valence-corrected chi connectivity index (χ1v) is 13.1. The van der Waals surface area contributed by atoms with Gasteiger partial charge >= 0.3 is 0 Å². The quantitative estimate of drug-likeness (QED) is 0.347. The maximum Gasteiger partial charge on any atom is 0.167 e. The van der Waals surface area contributed by atoms with Gasteiger partial charge in [0.15, 0.2) is 17.5 Å². The Morgan fingerprint density at radius 1 is 1.05 bits per heavy atom. The molecule has 0 unspecified atom stereocenters. The maximum absolute atomic E-state index is 14.3. The second-order valence-corrected chi connectivity index (χ2v) is 10.2. The average molecular weight is 519 g/mol. The fraction of sp³-hybridized carbons (Fsp3) is 0.370. The molecule has 4 aromatic heterocycles. The molecule has 2 aliphatic rings. The van der Waals surface area contributed by atoms with Gasteiger partial charge < -0.3 is 15.5 Å². The predicted octanol–water partition coefficient (Wildman–Crippen LogP) is 5.47. The van der Waals surface area contributed by atoms with Crippen LogP contribution in [0.2, 0.25) is 5.02 Å². The Hall–Kier alpha value is -3.43. The maximum atomic E-state index is 14.3. The van der Waals surface area contributed by atoms with Crippen LogP contribution in [0, 0.1) is 5.82 Å². The van der Waals surface area contributed by atoms with E-state index in [0.717, 1.165) is 48.2 Å². The first kappa shape index (κ1) is 23.9. The van der Waals surface area contributed by atoms with Crippen molar-refractivity contribution in [2.75, 3.05) is 30.4 Å². The third-order valence-corrected chi connectivity index (χ3v) is 7.63. The minimum Gasteiger partial charge on any atom is -0.356 e. The highest BCUT2D eigenvalue weighted by atomic mass is 35.5. The molecule has 0 aromatic carbocycles. The molecule has 0 atom stereocenters. The van der Waals surface area contributed by atoms with Gasteiger partial charge in [0.25, 0.3) is 0 Å². The molecule has 5 heterocycles. The molecule has 0 spiro atoms. The zero-order chi connectivity index (χ0) is 25.4. The third kappa shape index (κ3) is 4.81. The standard InChI is InChI=1S/C27H28ClFN8/c1-37(19-6-8-30-9-7-19)27-24-20(16-3-2-4-16)14-31-15-22(24)34-25(36-27)17-5-10-32-23(11-17)35-26-21(29)12-18(28)13-33-26/h5,10-16,19,30H,2-4,6-9H2,1H3,(H,32,33,35). The van der Waals surface area contributed by atoms with Gasteiger partial charge in [-0.15, -0.1) is 0 Å². The van der Waals surface area contributed by atoms with E-state index in [0.29, 0.717) is 23.6 Å².